The number of aliphatic carboxylic acids is 2. The highest BCUT2D eigenvalue weighted by molar-refractivity contribution is 5.87. The van der Waals surface area contributed by atoms with Crippen LogP contribution in [0.15, 0.2) is 0 Å². The molecule has 1 atom stereocenters. The van der Waals surface area contributed by atoms with Crippen molar-refractivity contribution in [3.63, 3.8) is 0 Å². The molecule has 13 heavy (non-hydrogen) atoms. The summed E-state index contributed by atoms with van der Waals surface area (Å²) in [6, 6.07) is 0. The van der Waals surface area contributed by atoms with Gasteiger partial charge in [0.15, 0.2) is 0 Å². The summed E-state index contributed by atoms with van der Waals surface area (Å²) in [4.78, 5) is 31.3. The van der Waals surface area contributed by atoms with E-state index in [-0.39, 0.29) is 13.0 Å². The van der Waals surface area contributed by atoms with Crippen molar-refractivity contribution in [2.24, 2.45) is 11.7 Å². The number of carboxylic acids is 2. The molecule has 0 bridgehead atoms. The van der Waals surface area contributed by atoms with Gasteiger partial charge in [-0.1, -0.05) is 0 Å². The second kappa shape index (κ2) is 5.26. The molecule has 0 spiro atoms. The number of rotatable bonds is 6. The highest BCUT2D eigenvalue weighted by atomic mass is 16.4. The lowest BCUT2D eigenvalue weighted by molar-refractivity contribution is -0.149. The van der Waals surface area contributed by atoms with Crippen LogP contribution in [0.2, 0.25) is 0 Å². The fraction of sp³-hybridized carbons (Fsp3) is 0.571. The minimum Gasteiger partial charge on any atom is -0.481 e. The molecule has 1 unspecified atom stereocenters. The van der Waals surface area contributed by atoms with Crippen LogP contribution in [0.4, 0.5) is 0 Å². The normalized spacial score (nSPS) is 12.1. The zero-order valence-corrected chi connectivity index (χ0v) is 6.90. The van der Waals surface area contributed by atoms with Gasteiger partial charge in [-0.25, -0.2) is 0 Å². The second-order valence-electron chi connectivity index (χ2n) is 2.58. The third kappa shape index (κ3) is 4.91. The molecule has 0 aromatic rings. The maximum Gasteiger partial charge on any atom is 0.307 e. The average molecular weight is 189 g/mol. The molecule has 0 aliphatic heterocycles. The summed E-state index contributed by atoms with van der Waals surface area (Å²) in [5.41, 5.74) is 4.96. The van der Waals surface area contributed by atoms with Gasteiger partial charge < -0.3 is 15.9 Å². The maximum atomic E-state index is 10.7. The van der Waals surface area contributed by atoms with Gasteiger partial charge in [0.1, 0.15) is 5.78 Å². The van der Waals surface area contributed by atoms with Crippen molar-refractivity contribution in [3.05, 3.63) is 0 Å². The smallest absolute Gasteiger partial charge is 0.307 e. The number of ketones is 1. The predicted octanol–water partition coefficient (Wildman–Crippen LogP) is -0.920. The topological polar surface area (TPSA) is 118 Å². The van der Waals surface area contributed by atoms with Crippen LogP contribution in [0.3, 0.4) is 0 Å². The molecule has 0 aromatic heterocycles. The summed E-state index contributed by atoms with van der Waals surface area (Å²) in [5, 5.41) is 16.8. The standard InChI is InChI=1S/C7H11NO5/c8-3-5(9)1-4(7(12)13)2-6(10)11/h4H,1-3,8H2,(H,10,11)(H,12,13). The Morgan fingerprint density at radius 1 is 1.15 bits per heavy atom. The van der Waals surface area contributed by atoms with E-state index in [9.17, 15) is 14.4 Å². The number of carbonyl (C=O) groups is 3. The Bertz CT molecular complexity index is 225. The van der Waals surface area contributed by atoms with E-state index < -0.39 is 30.1 Å². The van der Waals surface area contributed by atoms with Crippen molar-refractivity contribution in [1.29, 1.82) is 0 Å². The molecular formula is C7H11NO5. The van der Waals surface area contributed by atoms with Crippen LogP contribution in [0.1, 0.15) is 12.8 Å². The van der Waals surface area contributed by atoms with Crippen molar-refractivity contribution in [1.82, 2.24) is 0 Å². The first-order valence-electron chi connectivity index (χ1n) is 3.63. The van der Waals surface area contributed by atoms with Crippen LogP contribution >= 0.6 is 0 Å². The van der Waals surface area contributed by atoms with Crippen molar-refractivity contribution in [2.45, 2.75) is 12.8 Å². The summed E-state index contributed by atoms with van der Waals surface area (Å²) in [6.07, 6.45) is -0.876. The molecule has 4 N–H and O–H groups in total. The van der Waals surface area contributed by atoms with E-state index >= 15 is 0 Å². The van der Waals surface area contributed by atoms with Crippen LogP contribution in [0.5, 0.6) is 0 Å². The Labute approximate surface area is 74.3 Å². The lowest BCUT2D eigenvalue weighted by atomic mass is 9.99. The SMILES string of the molecule is NCC(=O)CC(CC(=O)O)C(=O)O. The van der Waals surface area contributed by atoms with Crippen molar-refractivity contribution in [2.75, 3.05) is 6.54 Å². The van der Waals surface area contributed by atoms with Gasteiger partial charge in [0.2, 0.25) is 0 Å². The molecule has 74 valence electrons. The largest absolute Gasteiger partial charge is 0.481 e. The van der Waals surface area contributed by atoms with Crippen LogP contribution in [0, 0.1) is 5.92 Å². The Balaban J connectivity index is 4.18. The van der Waals surface area contributed by atoms with Gasteiger partial charge in [-0.15, -0.1) is 0 Å². The van der Waals surface area contributed by atoms with Gasteiger partial charge in [-0.05, 0) is 0 Å². The molecule has 0 aromatic carbocycles. The van der Waals surface area contributed by atoms with Gasteiger partial charge in [-0.3, -0.25) is 14.4 Å². The van der Waals surface area contributed by atoms with Crippen molar-refractivity contribution < 1.29 is 24.6 Å². The summed E-state index contributed by atoms with van der Waals surface area (Å²) >= 11 is 0. The van der Waals surface area contributed by atoms with Gasteiger partial charge in [0, 0.05) is 6.42 Å². The van der Waals surface area contributed by atoms with Crippen LogP contribution < -0.4 is 5.73 Å². The van der Waals surface area contributed by atoms with Gasteiger partial charge in [-0.2, -0.15) is 0 Å². The number of hydrogen-bond acceptors (Lipinski definition) is 4. The number of Topliss-reactive ketones (excluding diaryl/α,β-unsaturated/α-hetero) is 1. The summed E-state index contributed by atoms with van der Waals surface area (Å²) in [5.74, 6) is -4.15. The third-order valence-electron chi connectivity index (χ3n) is 1.47. The van der Waals surface area contributed by atoms with E-state index in [1.54, 1.807) is 0 Å². The number of hydrogen-bond donors (Lipinski definition) is 3. The van der Waals surface area contributed by atoms with Crippen LogP contribution in [-0.4, -0.2) is 34.5 Å². The monoisotopic (exact) mass is 189 g/mol. The van der Waals surface area contributed by atoms with Crippen molar-refractivity contribution >= 4 is 17.7 Å². The molecule has 0 rings (SSSR count). The Morgan fingerprint density at radius 3 is 2.00 bits per heavy atom. The molecule has 6 heteroatoms. The quantitative estimate of drug-likeness (QED) is 0.497. The molecule has 0 fully saturated rings. The zero-order valence-electron chi connectivity index (χ0n) is 6.90. The molecule has 0 aliphatic carbocycles. The number of carbonyl (C=O) groups excluding carboxylic acids is 1. The number of carboxylic acid groups (broad SMARTS) is 2. The third-order valence-corrected chi connectivity index (χ3v) is 1.47. The molecule has 0 heterocycles. The van der Waals surface area contributed by atoms with Crippen LogP contribution in [0.25, 0.3) is 0 Å². The lowest BCUT2D eigenvalue weighted by Gasteiger charge is -2.06. The second-order valence-corrected chi connectivity index (χ2v) is 2.58. The van der Waals surface area contributed by atoms with E-state index in [0.717, 1.165) is 0 Å². The fourth-order valence-corrected chi connectivity index (χ4v) is 0.816. The van der Waals surface area contributed by atoms with E-state index in [2.05, 4.69) is 0 Å². The highest BCUT2D eigenvalue weighted by Gasteiger charge is 2.23. The Kier molecular flexibility index (Phi) is 4.68. The molecule has 6 nitrogen and oxygen atoms in total. The minimum absolute atomic E-state index is 0.261. The first-order valence-corrected chi connectivity index (χ1v) is 3.63. The molecular weight excluding hydrogens is 178 g/mol. The van der Waals surface area contributed by atoms with E-state index in [0.29, 0.717) is 0 Å². The van der Waals surface area contributed by atoms with Gasteiger partial charge >= 0.3 is 11.9 Å². The molecule has 0 amide bonds. The summed E-state index contributed by atoms with van der Waals surface area (Å²) in [6.45, 7) is -0.261. The first-order chi connectivity index (χ1) is 5.97. The minimum atomic E-state index is -1.29. The van der Waals surface area contributed by atoms with Gasteiger partial charge in [0.25, 0.3) is 0 Å². The summed E-state index contributed by atoms with van der Waals surface area (Å²) < 4.78 is 0. The maximum absolute atomic E-state index is 10.7. The van der Waals surface area contributed by atoms with E-state index in [4.69, 9.17) is 15.9 Å². The predicted molar refractivity (Wildman–Crippen MR) is 42.1 cm³/mol. The Morgan fingerprint density at radius 2 is 1.69 bits per heavy atom. The molecule has 0 radical (unpaired) electrons. The molecule has 0 saturated carbocycles. The number of nitrogens with two attached hydrogens (primary N) is 1. The zero-order chi connectivity index (χ0) is 10.4. The van der Waals surface area contributed by atoms with Gasteiger partial charge in [0.05, 0.1) is 18.9 Å². The lowest BCUT2D eigenvalue weighted by Crippen LogP contribution is -2.24. The summed E-state index contributed by atoms with van der Waals surface area (Å²) in [7, 11) is 0. The molecule has 0 aliphatic rings. The Hall–Kier alpha value is -1.43. The average Bonchev–Trinajstić information content (AvgIpc) is 2.02. The molecule has 0 saturated heterocycles. The van der Waals surface area contributed by atoms with E-state index in [1.807, 2.05) is 0 Å². The highest BCUT2D eigenvalue weighted by Crippen LogP contribution is 2.09. The fourth-order valence-electron chi connectivity index (χ4n) is 0.816. The first kappa shape index (κ1) is 11.6. The van der Waals surface area contributed by atoms with Crippen molar-refractivity contribution in [3.8, 4) is 0 Å². The van der Waals surface area contributed by atoms with Crippen LogP contribution in [-0.2, 0) is 14.4 Å². The van der Waals surface area contributed by atoms with E-state index in [1.165, 1.54) is 0 Å².